The summed E-state index contributed by atoms with van der Waals surface area (Å²) in [4.78, 5) is 23.8. The van der Waals surface area contributed by atoms with Crippen molar-refractivity contribution in [3.63, 3.8) is 0 Å². The van der Waals surface area contributed by atoms with Crippen molar-refractivity contribution in [2.75, 3.05) is 33.0 Å². The molecule has 1 atom stereocenters. The third-order valence-corrected chi connectivity index (χ3v) is 7.95. The van der Waals surface area contributed by atoms with Crippen LogP contribution in [0.5, 0.6) is 0 Å². The molecule has 16 heteroatoms. The van der Waals surface area contributed by atoms with Crippen LogP contribution in [0.25, 0.3) is 22.5 Å². The van der Waals surface area contributed by atoms with Crippen LogP contribution in [0, 0.1) is 0 Å². The van der Waals surface area contributed by atoms with Crippen molar-refractivity contribution >= 4 is 11.9 Å². The van der Waals surface area contributed by atoms with Crippen molar-refractivity contribution in [2.45, 2.75) is 65.0 Å². The number of rotatable bonds is 8. The molecule has 4 aromatic heterocycles. The van der Waals surface area contributed by atoms with Gasteiger partial charge in [0.25, 0.3) is 12.9 Å². The number of aromatic amines is 1. The fraction of sp³-hybridized carbons (Fsp3) is 0.484. The lowest BCUT2D eigenvalue weighted by atomic mass is 9.93. The van der Waals surface area contributed by atoms with Crippen LogP contribution in [0.15, 0.2) is 21.2 Å². The van der Waals surface area contributed by atoms with Crippen molar-refractivity contribution in [3.8, 4) is 22.5 Å². The van der Waals surface area contributed by atoms with Crippen LogP contribution in [-0.2, 0) is 51.2 Å². The highest BCUT2D eigenvalue weighted by atomic mass is 19.3. The highest BCUT2D eigenvalue weighted by molar-refractivity contribution is 5.92. The van der Waals surface area contributed by atoms with Crippen LogP contribution in [0.3, 0.4) is 0 Å². The molecule has 4 aromatic rings. The van der Waals surface area contributed by atoms with Gasteiger partial charge in [0.15, 0.2) is 0 Å². The first kappa shape index (κ1) is 32.5. The van der Waals surface area contributed by atoms with Crippen LogP contribution < -0.4 is 0 Å². The van der Waals surface area contributed by atoms with Gasteiger partial charge < -0.3 is 27.8 Å². The van der Waals surface area contributed by atoms with Crippen molar-refractivity contribution in [1.29, 1.82) is 0 Å². The molecule has 1 fully saturated rings. The van der Waals surface area contributed by atoms with Gasteiger partial charge in [-0.2, -0.15) is 10.2 Å². The molecular weight excluding hydrogens is 632 g/mol. The molecule has 3 aliphatic rings. The zero-order valence-corrected chi connectivity index (χ0v) is 25.6. The second-order valence-electron chi connectivity index (χ2n) is 10.9. The second kappa shape index (κ2) is 13.7. The number of aromatic nitrogens is 4. The summed E-state index contributed by atoms with van der Waals surface area (Å²) in [6.07, 6.45) is -0.266. The van der Waals surface area contributed by atoms with Gasteiger partial charge in [-0.05, 0) is 37.8 Å². The van der Waals surface area contributed by atoms with Gasteiger partial charge in [0.05, 0.1) is 79.4 Å². The number of aryl methyl sites for hydroxylation is 4. The van der Waals surface area contributed by atoms with Gasteiger partial charge in [-0.1, -0.05) is 0 Å². The maximum atomic E-state index is 13.8. The highest BCUT2D eigenvalue weighted by Gasteiger charge is 2.37. The van der Waals surface area contributed by atoms with Crippen molar-refractivity contribution in [3.05, 3.63) is 57.7 Å². The average Bonchev–Trinajstić information content (AvgIpc) is 3.84. The fourth-order valence-electron chi connectivity index (χ4n) is 6.00. The van der Waals surface area contributed by atoms with Gasteiger partial charge >= 0.3 is 11.9 Å². The van der Waals surface area contributed by atoms with Gasteiger partial charge in [0.1, 0.15) is 17.6 Å². The Morgan fingerprint density at radius 1 is 0.915 bits per heavy atom. The molecule has 2 aliphatic carbocycles. The normalized spacial score (nSPS) is 16.6. The lowest BCUT2D eigenvalue weighted by Gasteiger charge is -2.22. The molecule has 47 heavy (non-hydrogen) atoms. The number of hydrogen-bond donors (Lipinski definition) is 1. The molecule has 0 amide bonds. The van der Waals surface area contributed by atoms with Gasteiger partial charge in [-0.15, -0.1) is 0 Å². The van der Waals surface area contributed by atoms with Crippen LogP contribution in [0.4, 0.5) is 17.6 Å². The number of esters is 2. The lowest BCUT2D eigenvalue weighted by molar-refractivity contribution is -0.0946. The summed E-state index contributed by atoms with van der Waals surface area (Å²) in [5.74, 6) is -1.85. The molecule has 252 valence electrons. The van der Waals surface area contributed by atoms with E-state index < -0.39 is 47.4 Å². The summed E-state index contributed by atoms with van der Waals surface area (Å²) in [5, 5.41) is 11.0. The molecule has 0 bridgehead atoms. The number of halogens is 4. The Balaban J connectivity index is 0.000000172. The van der Waals surface area contributed by atoms with Gasteiger partial charge in [0, 0.05) is 19.0 Å². The number of nitrogens with one attached hydrogen (secondary N) is 1. The standard InChI is InChI=1S/C18H20F2N2O5.C13H12F2N2O3/c1-2-25-18(23)16-14(17(19)20)13-12(27-16)4-3-10-7-22(21-15(10)13)8-11-9-24-5-6-26-11;1-2-19-13(18)11-9(12(14)15)8-7(20-11)4-3-6-5-16-17-10(6)8/h7,11,17H,2-6,8-9H2,1H3;5,12H,2-4H2,1H3,(H,16,17)/t11-;/m0./s1. The highest BCUT2D eigenvalue weighted by Crippen LogP contribution is 2.44. The summed E-state index contributed by atoms with van der Waals surface area (Å²) in [5.41, 5.74) is 2.24. The second-order valence-corrected chi connectivity index (χ2v) is 10.9. The number of carbonyl (C=O) groups excluding carboxylic acids is 2. The molecule has 0 radical (unpaired) electrons. The van der Waals surface area contributed by atoms with Crippen molar-refractivity contribution in [2.24, 2.45) is 0 Å². The quantitative estimate of drug-likeness (QED) is 0.185. The molecule has 0 spiro atoms. The van der Waals surface area contributed by atoms with Crippen LogP contribution >= 0.6 is 0 Å². The van der Waals surface area contributed by atoms with Crippen LogP contribution in [-0.4, -0.2) is 71.1 Å². The number of carbonyl (C=O) groups is 2. The minimum atomic E-state index is -2.87. The number of ether oxygens (including phenoxy) is 4. The van der Waals surface area contributed by atoms with E-state index >= 15 is 0 Å². The van der Waals surface area contributed by atoms with E-state index in [9.17, 15) is 27.2 Å². The molecule has 7 rings (SSSR count). The maximum absolute atomic E-state index is 13.8. The first-order chi connectivity index (χ1) is 22.7. The monoisotopic (exact) mass is 664 g/mol. The van der Waals surface area contributed by atoms with E-state index in [0.717, 1.165) is 11.1 Å². The topological polar surface area (TPSA) is 144 Å². The summed E-state index contributed by atoms with van der Waals surface area (Å²) < 4.78 is 87.4. The fourth-order valence-corrected chi connectivity index (χ4v) is 6.00. The molecule has 1 aliphatic heterocycles. The zero-order chi connectivity index (χ0) is 33.2. The first-order valence-corrected chi connectivity index (χ1v) is 15.2. The Hall–Kier alpha value is -4.44. The SMILES string of the molecule is CCOC(=O)c1oc2c(c1C(F)F)-c1[nH]ncc1CC2.CCOC(=O)c1oc2c(c1C(F)F)-c1nn(C[C@H]3COCCO3)cc1CC2. The zero-order valence-electron chi connectivity index (χ0n) is 25.6. The molecule has 12 nitrogen and oxygen atoms in total. The minimum absolute atomic E-state index is 0.0796. The van der Waals surface area contributed by atoms with Gasteiger partial charge in [-0.3, -0.25) is 9.78 Å². The van der Waals surface area contributed by atoms with Crippen molar-refractivity contribution < 1.29 is 54.9 Å². The Labute approximate surface area is 265 Å². The predicted octanol–water partition coefficient (Wildman–Crippen LogP) is 5.65. The number of H-pyrrole nitrogens is 1. The van der Waals surface area contributed by atoms with E-state index in [1.54, 1.807) is 24.7 Å². The number of hydrogen-bond acceptors (Lipinski definition) is 10. The lowest BCUT2D eigenvalue weighted by Crippen LogP contribution is -2.32. The summed E-state index contributed by atoms with van der Waals surface area (Å²) in [7, 11) is 0. The molecule has 0 saturated carbocycles. The third-order valence-electron chi connectivity index (χ3n) is 7.95. The van der Waals surface area contributed by atoms with Crippen LogP contribution in [0.1, 0.15) is 81.6 Å². The summed E-state index contributed by atoms with van der Waals surface area (Å²) >= 11 is 0. The van der Waals surface area contributed by atoms with E-state index in [2.05, 4.69) is 15.3 Å². The van der Waals surface area contributed by atoms with Crippen LogP contribution in [0.2, 0.25) is 0 Å². The summed E-state index contributed by atoms with van der Waals surface area (Å²) in [6.45, 7) is 5.42. The molecule has 0 unspecified atom stereocenters. The minimum Gasteiger partial charge on any atom is -0.460 e. The average molecular weight is 665 g/mol. The molecule has 1 saturated heterocycles. The smallest absolute Gasteiger partial charge is 0.374 e. The number of fused-ring (bicyclic) bond motifs is 6. The molecule has 1 N–H and O–H groups in total. The van der Waals surface area contributed by atoms with Gasteiger partial charge in [-0.25, -0.2) is 27.2 Å². The maximum Gasteiger partial charge on any atom is 0.374 e. The van der Waals surface area contributed by atoms with E-state index in [-0.39, 0.29) is 30.4 Å². The van der Waals surface area contributed by atoms with Crippen molar-refractivity contribution in [1.82, 2.24) is 20.0 Å². The predicted molar refractivity (Wildman–Crippen MR) is 153 cm³/mol. The number of furan rings is 2. The Morgan fingerprint density at radius 2 is 1.53 bits per heavy atom. The molecular formula is C31H32F4N4O8. The summed E-state index contributed by atoms with van der Waals surface area (Å²) in [6, 6.07) is 0. The van der Waals surface area contributed by atoms with Gasteiger partial charge in [0.2, 0.25) is 11.5 Å². The largest absolute Gasteiger partial charge is 0.460 e. The molecule has 0 aromatic carbocycles. The first-order valence-electron chi connectivity index (χ1n) is 15.2. The van der Waals surface area contributed by atoms with E-state index in [1.807, 2.05) is 6.20 Å². The van der Waals surface area contributed by atoms with E-state index in [1.165, 1.54) is 0 Å². The van der Waals surface area contributed by atoms with E-state index in [0.29, 0.717) is 75.0 Å². The number of nitrogens with zero attached hydrogens (tertiary/aromatic N) is 3. The Morgan fingerprint density at radius 3 is 2.13 bits per heavy atom. The van der Waals surface area contributed by atoms with E-state index in [4.69, 9.17) is 27.8 Å². The molecule has 5 heterocycles. The Bertz CT molecular complexity index is 1750. The number of alkyl halides is 4. The third kappa shape index (κ3) is 6.31. The Kier molecular flexibility index (Phi) is 9.50.